The number of nitrogens with zero attached hydrogens (tertiary/aromatic N) is 2. The van der Waals surface area contributed by atoms with Gasteiger partial charge in [-0.2, -0.15) is 18.2 Å². The molecule has 1 aromatic heterocycles. The third kappa shape index (κ3) is 9.45. The lowest BCUT2D eigenvalue weighted by Gasteiger charge is -2.33. The smallest absolute Gasteiger partial charge is 0.427 e. The van der Waals surface area contributed by atoms with Crippen LogP contribution in [0.4, 0.5) is 17.6 Å². The van der Waals surface area contributed by atoms with Crippen LogP contribution in [0.2, 0.25) is 0 Å². The molecule has 1 aromatic carbocycles. The number of pyridine rings is 1. The van der Waals surface area contributed by atoms with Gasteiger partial charge in [-0.05, 0) is 95.4 Å². The van der Waals surface area contributed by atoms with Gasteiger partial charge in [0, 0.05) is 24.3 Å². The molecule has 7 atom stereocenters. The zero-order chi connectivity index (χ0) is 44.0. The molecule has 2 aliphatic carbocycles. The average Bonchev–Trinajstić information content (AvgIpc) is 4.05. The highest BCUT2D eigenvalue weighted by molar-refractivity contribution is 7.91. The Bertz CT molecular complexity index is 2120. The van der Waals surface area contributed by atoms with Crippen molar-refractivity contribution >= 4 is 44.4 Å². The first-order valence-corrected chi connectivity index (χ1v) is 22.1. The summed E-state index contributed by atoms with van der Waals surface area (Å²) in [6.45, 7) is 7.47. The summed E-state index contributed by atoms with van der Waals surface area (Å²) in [6, 6.07) is 7.78. The molecule has 2 aromatic rings. The molecule has 0 spiro atoms. The van der Waals surface area contributed by atoms with Crippen molar-refractivity contribution in [1.82, 2.24) is 14.6 Å². The highest BCUT2D eigenvalue weighted by atomic mass is 32.2. The van der Waals surface area contributed by atoms with Crippen molar-refractivity contribution in [1.29, 1.82) is 0 Å². The van der Waals surface area contributed by atoms with Gasteiger partial charge in [0.05, 0.1) is 36.4 Å². The maximum absolute atomic E-state index is 14.9. The van der Waals surface area contributed by atoms with Crippen LogP contribution in [0, 0.1) is 29.1 Å². The predicted molar refractivity (Wildman–Crippen MR) is 213 cm³/mol. The van der Waals surface area contributed by atoms with E-state index in [4.69, 9.17) is 14.2 Å². The van der Waals surface area contributed by atoms with Crippen LogP contribution in [0.25, 0.3) is 10.8 Å². The molecule has 17 heteroatoms. The number of carbonyl (C=O) groups is 4. The maximum atomic E-state index is 14.9. The number of amides is 2. The van der Waals surface area contributed by atoms with Gasteiger partial charge in [-0.25, -0.2) is 12.8 Å². The molecular weight excluding hydrogens is 811 g/mol. The van der Waals surface area contributed by atoms with Gasteiger partial charge in [0.15, 0.2) is 5.78 Å². The molecule has 330 valence electrons. The Balaban J connectivity index is 1.37. The van der Waals surface area contributed by atoms with E-state index < -0.39 is 105 Å². The number of alkyl halides is 4. The number of allylic oxidation sites excluding steroid dienone is 2. The third-order valence-electron chi connectivity index (χ3n) is 12.6. The second kappa shape index (κ2) is 16.9. The Hall–Kier alpha value is -4.28. The number of nitrogens with one attached hydrogen (secondary N) is 1. The van der Waals surface area contributed by atoms with E-state index in [2.05, 4.69) is 9.71 Å². The molecule has 6 rings (SSSR count). The van der Waals surface area contributed by atoms with Crippen LogP contribution in [-0.2, 0) is 33.9 Å². The van der Waals surface area contributed by atoms with Gasteiger partial charge in [0.25, 0.3) is 0 Å². The van der Waals surface area contributed by atoms with Crippen molar-refractivity contribution in [3.63, 3.8) is 0 Å². The van der Waals surface area contributed by atoms with E-state index >= 15 is 0 Å². The van der Waals surface area contributed by atoms with Crippen LogP contribution < -0.4 is 14.2 Å². The number of ketones is 1. The summed E-state index contributed by atoms with van der Waals surface area (Å²) < 4.78 is 99.5. The minimum atomic E-state index is -4.89. The fraction of sp³-hybridized carbons (Fsp3) is 0.651. The number of ether oxygens (including phenoxy) is 3. The summed E-state index contributed by atoms with van der Waals surface area (Å²) in [5.41, 5.74) is -4.34. The van der Waals surface area contributed by atoms with Gasteiger partial charge in [0.1, 0.15) is 17.5 Å². The first-order valence-electron chi connectivity index (χ1n) is 20.7. The molecule has 3 heterocycles. The maximum Gasteiger partial charge on any atom is 0.427 e. The molecule has 2 aliphatic heterocycles. The van der Waals surface area contributed by atoms with E-state index in [0.29, 0.717) is 24.6 Å². The van der Waals surface area contributed by atoms with Crippen LogP contribution in [0.3, 0.4) is 0 Å². The van der Waals surface area contributed by atoms with E-state index in [1.165, 1.54) is 4.90 Å². The van der Waals surface area contributed by atoms with Gasteiger partial charge < -0.3 is 19.1 Å². The highest BCUT2D eigenvalue weighted by Gasteiger charge is 2.63. The molecule has 3 fully saturated rings. The number of rotatable bonds is 11. The number of esters is 1. The fourth-order valence-corrected chi connectivity index (χ4v) is 9.94. The normalized spacial score (nSPS) is 29.1. The minimum Gasteiger partial charge on any atom is -0.475 e. The third-order valence-corrected chi connectivity index (χ3v) is 14.7. The Morgan fingerprint density at radius 1 is 1.08 bits per heavy atom. The second-order valence-corrected chi connectivity index (χ2v) is 20.2. The molecule has 0 unspecified atom stereocenters. The second-order valence-electron chi connectivity index (χ2n) is 18.1. The van der Waals surface area contributed by atoms with Crippen molar-refractivity contribution in [3.05, 3.63) is 42.5 Å². The van der Waals surface area contributed by atoms with Gasteiger partial charge in [-0.15, -0.1) is 0 Å². The van der Waals surface area contributed by atoms with Crippen LogP contribution in [0.15, 0.2) is 42.5 Å². The summed E-state index contributed by atoms with van der Waals surface area (Å²) in [4.78, 5) is 62.8. The Morgan fingerprint density at radius 3 is 2.43 bits per heavy atom. The first-order chi connectivity index (χ1) is 28.0. The number of hydrogen-bond acceptors (Lipinski definition) is 10. The SMILES string of the molecule is CC(C)Oc1cc2ccccc2c(O[C@@H]2C[C@H]3C(=O)C[C@]4(C(=O)NS(=O)(=O)C5(CF)CC5)C[C@H]4/C=C\CC[C@H](C)C[C@@H](C)[C@H](CC(=O)OC(C)(C)C(F)(F)F)C(=O)N3C2)n1. The van der Waals surface area contributed by atoms with Gasteiger partial charge >= 0.3 is 12.1 Å². The molecule has 0 bridgehead atoms. The summed E-state index contributed by atoms with van der Waals surface area (Å²) in [7, 11) is -4.42. The van der Waals surface area contributed by atoms with Crippen molar-refractivity contribution in [2.45, 2.75) is 134 Å². The van der Waals surface area contributed by atoms with E-state index in [1.54, 1.807) is 31.2 Å². The molecule has 0 radical (unpaired) electrons. The molecular formula is C43H55F4N3O9S. The average molecular weight is 866 g/mol. The number of fused-ring (bicyclic) bond motifs is 3. The number of Topliss-reactive ketones (excluding diaryl/α,β-unsaturated/α-hetero) is 1. The number of carbonyl (C=O) groups excluding carboxylic acids is 4. The zero-order valence-electron chi connectivity index (χ0n) is 34.8. The minimum absolute atomic E-state index is 0.0210. The number of benzene rings is 1. The quantitative estimate of drug-likeness (QED) is 0.139. The Kier molecular flexibility index (Phi) is 12.7. The van der Waals surface area contributed by atoms with Crippen LogP contribution >= 0.6 is 0 Å². The lowest BCUT2D eigenvalue weighted by molar-refractivity contribution is -0.257. The molecule has 12 nitrogen and oxygen atoms in total. The van der Waals surface area contributed by atoms with E-state index in [1.807, 2.05) is 39.0 Å². The first kappa shape index (κ1) is 45.3. The van der Waals surface area contributed by atoms with Gasteiger partial charge in [0.2, 0.25) is 39.2 Å². The number of sulfonamides is 1. The lowest BCUT2D eigenvalue weighted by atomic mass is 9.82. The lowest BCUT2D eigenvalue weighted by Crippen LogP contribution is -2.49. The highest BCUT2D eigenvalue weighted by Crippen LogP contribution is 2.58. The van der Waals surface area contributed by atoms with Crippen LogP contribution in [0.1, 0.15) is 99.3 Å². The zero-order valence-corrected chi connectivity index (χ0v) is 35.7. The summed E-state index contributed by atoms with van der Waals surface area (Å²) in [6.07, 6.45) is -1.75. The molecule has 2 amide bonds. The predicted octanol–water partition coefficient (Wildman–Crippen LogP) is 7.19. The van der Waals surface area contributed by atoms with Crippen molar-refractivity contribution < 1.29 is 59.4 Å². The monoisotopic (exact) mass is 865 g/mol. The fourth-order valence-electron chi connectivity index (χ4n) is 8.50. The summed E-state index contributed by atoms with van der Waals surface area (Å²) in [5.74, 6) is -5.25. The molecule has 2 saturated carbocycles. The van der Waals surface area contributed by atoms with Gasteiger partial charge in [-0.1, -0.05) is 44.2 Å². The topological polar surface area (TPSA) is 158 Å². The van der Waals surface area contributed by atoms with Crippen molar-refractivity contribution in [3.8, 4) is 11.8 Å². The number of halogens is 4. The summed E-state index contributed by atoms with van der Waals surface area (Å²) >= 11 is 0. The Morgan fingerprint density at radius 2 is 1.78 bits per heavy atom. The van der Waals surface area contributed by atoms with Crippen molar-refractivity contribution in [2.75, 3.05) is 13.2 Å². The van der Waals surface area contributed by atoms with E-state index in [9.17, 15) is 45.2 Å². The van der Waals surface area contributed by atoms with Crippen molar-refractivity contribution in [2.24, 2.45) is 29.1 Å². The molecule has 1 N–H and O–H groups in total. The van der Waals surface area contributed by atoms with Crippen LogP contribution in [0.5, 0.6) is 11.8 Å². The van der Waals surface area contributed by atoms with Gasteiger partial charge in [-0.3, -0.25) is 23.9 Å². The largest absolute Gasteiger partial charge is 0.475 e. The number of hydrogen-bond donors (Lipinski definition) is 1. The molecule has 60 heavy (non-hydrogen) atoms. The standard InChI is InChI=1S/C43H55F4N3O9S/c1-25(2)57-35-18-28-12-8-10-14-31(28)37(48-35)58-30-19-33-34(51)22-42(39(54)49-60(55,56)41(24-44)15-16-41)21-29(42)13-9-7-11-26(3)17-27(4)32(38(53)50(33)23-30)20-36(52)59-40(5,6)43(45,46)47/h8-10,12-14,18,25-27,29-30,32-33H,7,11,15-17,19-24H2,1-6H3,(H,49,54)/b13-9-/t26-,27+,29+,30+,32-,33-,42+/m0/s1. The summed E-state index contributed by atoms with van der Waals surface area (Å²) in [5, 5.41) is 1.37. The Labute approximate surface area is 348 Å². The molecule has 4 aliphatic rings. The van der Waals surface area contributed by atoms with E-state index in [-0.39, 0.29) is 56.0 Å². The number of aromatic nitrogens is 1. The molecule has 1 saturated heterocycles. The van der Waals surface area contributed by atoms with Crippen LogP contribution in [-0.4, -0.2) is 89.9 Å². The van der Waals surface area contributed by atoms with E-state index in [0.717, 1.165) is 19.2 Å².